The summed E-state index contributed by atoms with van der Waals surface area (Å²) in [6.07, 6.45) is 5.54. The van der Waals surface area contributed by atoms with E-state index in [0.717, 1.165) is 12.8 Å². The Labute approximate surface area is 105 Å². The van der Waals surface area contributed by atoms with Crippen LogP contribution in [-0.2, 0) is 0 Å². The van der Waals surface area contributed by atoms with Crippen molar-refractivity contribution in [2.45, 2.75) is 58.2 Å². The van der Waals surface area contributed by atoms with E-state index >= 15 is 0 Å². The fraction of sp³-hybridized carbons (Fsp3) is 1.00. The van der Waals surface area contributed by atoms with Gasteiger partial charge in [0.2, 0.25) is 0 Å². The van der Waals surface area contributed by atoms with Crippen molar-refractivity contribution in [3.05, 3.63) is 0 Å². The molecule has 0 fully saturated rings. The third-order valence-corrected chi connectivity index (χ3v) is 1.79. The Hall–Kier alpha value is 1.18. The Morgan fingerprint density at radius 2 is 1.42 bits per heavy atom. The van der Waals surface area contributed by atoms with Gasteiger partial charge in [-0.2, -0.15) is 0 Å². The van der Waals surface area contributed by atoms with Gasteiger partial charge in [-0.15, -0.1) is 0 Å². The molecule has 0 aliphatic heterocycles. The van der Waals surface area contributed by atoms with Gasteiger partial charge in [0.05, 0.1) is 0 Å². The molecule has 3 heteroatoms. The van der Waals surface area contributed by atoms with Crippen molar-refractivity contribution in [1.29, 1.82) is 0 Å². The minimum absolute atomic E-state index is 0. The first-order valence-electron chi connectivity index (χ1n) is 4.59. The summed E-state index contributed by atoms with van der Waals surface area (Å²) >= 11 is 0. The van der Waals surface area contributed by atoms with E-state index in [1.807, 2.05) is 0 Å². The van der Waals surface area contributed by atoms with Gasteiger partial charge in [0, 0.05) is 0 Å². The van der Waals surface area contributed by atoms with E-state index < -0.39 is 6.29 Å². The average Bonchev–Trinajstić information content (AvgIpc) is 1.96. The molecule has 0 aromatic carbocycles. The number of hydrogen-bond acceptors (Lipinski definition) is 2. The smallest absolute Gasteiger partial charge is 0.865 e. The van der Waals surface area contributed by atoms with Gasteiger partial charge in [0.25, 0.3) is 0 Å². The van der Waals surface area contributed by atoms with Crippen molar-refractivity contribution in [2.75, 3.05) is 0 Å². The van der Waals surface area contributed by atoms with E-state index in [9.17, 15) is 10.2 Å². The first-order chi connectivity index (χ1) is 5.27. The van der Waals surface area contributed by atoms with Crippen LogP contribution in [0.15, 0.2) is 0 Å². The van der Waals surface area contributed by atoms with Gasteiger partial charge >= 0.3 is 37.7 Å². The van der Waals surface area contributed by atoms with Crippen molar-refractivity contribution >= 4 is 37.7 Å². The Kier molecular flexibility index (Phi) is 15.9. The second-order valence-corrected chi connectivity index (χ2v) is 2.99. The fourth-order valence-corrected chi connectivity index (χ4v) is 1.09. The first-order valence-corrected chi connectivity index (χ1v) is 4.59. The van der Waals surface area contributed by atoms with Gasteiger partial charge in [0.15, 0.2) is 0 Å². The van der Waals surface area contributed by atoms with Gasteiger partial charge in [-0.25, -0.2) is 6.29 Å². The zero-order valence-electron chi connectivity index (χ0n) is 8.05. The Morgan fingerprint density at radius 1 is 0.917 bits per heavy atom. The molecule has 0 amide bonds. The summed E-state index contributed by atoms with van der Waals surface area (Å²) in [6, 6.07) is 0. The van der Waals surface area contributed by atoms with E-state index in [1.54, 1.807) is 0 Å². The molecule has 0 unspecified atom stereocenters. The topological polar surface area (TPSA) is 46.1 Å². The van der Waals surface area contributed by atoms with Crippen LogP contribution in [0, 0.1) is 0 Å². The van der Waals surface area contributed by atoms with Crippen LogP contribution in [0.4, 0.5) is 0 Å². The Bertz CT molecular complexity index is 76.9. The van der Waals surface area contributed by atoms with Crippen LogP contribution in [-0.4, -0.2) is 44.0 Å². The van der Waals surface area contributed by atoms with Crippen molar-refractivity contribution in [3.63, 3.8) is 0 Å². The predicted molar refractivity (Wildman–Crippen MR) is 47.5 cm³/mol. The first kappa shape index (κ1) is 15.6. The zero-order valence-corrected chi connectivity index (χ0v) is 10.3. The summed E-state index contributed by atoms with van der Waals surface area (Å²) in [7, 11) is 0. The van der Waals surface area contributed by atoms with E-state index in [-0.39, 0.29) is 37.7 Å². The zero-order chi connectivity index (χ0) is 8.53. The molecule has 0 atom stereocenters. The summed E-state index contributed by atoms with van der Waals surface area (Å²) in [5.74, 6) is 0. The molecule has 0 aromatic heterocycles. The second-order valence-electron chi connectivity index (χ2n) is 2.99. The van der Waals surface area contributed by atoms with Crippen LogP contribution < -0.4 is 10.2 Å². The molecule has 0 spiro atoms. The molecule has 0 saturated heterocycles. The molecule has 0 radical (unpaired) electrons. The van der Waals surface area contributed by atoms with Crippen LogP contribution in [0.3, 0.4) is 0 Å². The van der Waals surface area contributed by atoms with Crippen LogP contribution >= 0.6 is 0 Å². The van der Waals surface area contributed by atoms with Crippen LogP contribution in [0.2, 0.25) is 0 Å². The van der Waals surface area contributed by atoms with Gasteiger partial charge in [-0.3, -0.25) is 0 Å². The minimum atomic E-state index is -1.60. The van der Waals surface area contributed by atoms with Gasteiger partial charge in [-0.05, 0) is 0 Å². The standard InChI is InChI=1S/C9H18O2.Ca/c1-2-3-4-5-6-7-8-9(10)11;/h9H,2-8H2,1H3;/q-2;+2. The average molecular weight is 198 g/mol. The molecule has 2 nitrogen and oxygen atoms in total. The summed E-state index contributed by atoms with van der Waals surface area (Å²) < 4.78 is 0. The van der Waals surface area contributed by atoms with Crippen molar-refractivity contribution < 1.29 is 10.2 Å². The van der Waals surface area contributed by atoms with E-state index in [0.29, 0.717) is 6.42 Å². The maximum Gasteiger partial charge on any atom is 2.00 e. The minimum Gasteiger partial charge on any atom is -0.865 e. The molecule has 0 N–H and O–H groups in total. The third kappa shape index (κ3) is 13.7. The molecule has 0 rings (SSSR count). The quantitative estimate of drug-likeness (QED) is 0.338. The summed E-state index contributed by atoms with van der Waals surface area (Å²) in [4.78, 5) is 0. The summed E-state index contributed by atoms with van der Waals surface area (Å²) in [5.41, 5.74) is 0. The van der Waals surface area contributed by atoms with Crippen LogP contribution in [0.1, 0.15) is 51.9 Å². The number of unbranched alkanes of at least 4 members (excludes halogenated alkanes) is 5. The normalized spacial score (nSPS) is 10.0. The molecular weight excluding hydrogens is 180 g/mol. The third-order valence-electron chi connectivity index (χ3n) is 1.79. The van der Waals surface area contributed by atoms with Crippen molar-refractivity contribution in [2.24, 2.45) is 0 Å². The number of rotatable bonds is 7. The van der Waals surface area contributed by atoms with Crippen molar-refractivity contribution in [1.82, 2.24) is 0 Å². The number of hydrogen-bond donors (Lipinski definition) is 0. The largest absolute Gasteiger partial charge is 2.00 e. The molecule has 0 saturated carbocycles. The molecule has 12 heavy (non-hydrogen) atoms. The summed E-state index contributed by atoms with van der Waals surface area (Å²) in [5, 5.41) is 20.1. The maximum absolute atomic E-state index is 10.1. The monoisotopic (exact) mass is 198 g/mol. The fourth-order valence-electron chi connectivity index (χ4n) is 1.09. The van der Waals surface area contributed by atoms with E-state index in [4.69, 9.17) is 0 Å². The Balaban J connectivity index is 0. The van der Waals surface area contributed by atoms with Crippen LogP contribution in [0.25, 0.3) is 0 Å². The molecule has 0 bridgehead atoms. The molecule has 0 heterocycles. The van der Waals surface area contributed by atoms with Crippen molar-refractivity contribution in [3.8, 4) is 0 Å². The second kappa shape index (κ2) is 12.2. The molecule has 0 aliphatic rings. The van der Waals surface area contributed by atoms with E-state index in [2.05, 4.69) is 6.92 Å². The molecule has 0 aromatic rings. The maximum atomic E-state index is 10.1. The molecule has 68 valence electrons. The van der Waals surface area contributed by atoms with Crippen LogP contribution in [0.5, 0.6) is 0 Å². The summed E-state index contributed by atoms with van der Waals surface area (Å²) in [6.45, 7) is 2.17. The molecule has 0 aliphatic carbocycles. The SMILES string of the molecule is CCCCCCCCC([O-])[O-].[Ca+2]. The van der Waals surface area contributed by atoms with Gasteiger partial charge < -0.3 is 10.2 Å². The van der Waals surface area contributed by atoms with E-state index in [1.165, 1.54) is 25.7 Å². The predicted octanol–water partition coefficient (Wildman–Crippen LogP) is 0.403. The van der Waals surface area contributed by atoms with Gasteiger partial charge in [0.1, 0.15) is 0 Å². The molecular formula is C9H18CaO2. The van der Waals surface area contributed by atoms with Gasteiger partial charge in [-0.1, -0.05) is 51.9 Å². The Morgan fingerprint density at radius 3 is 1.92 bits per heavy atom.